The average molecular weight is 364 g/mol. The summed E-state index contributed by atoms with van der Waals surface area (Å²) in [6.45, 7) is 7.50. The van der Waals surface area contributed by atoms with Gasteiger partial charge < -0.3 is 4.74 Å². The molecule has 0 saturated heterocycles. The second-order valence-corrected chi connectivity index (χ2v) is 7.00. The molecule has 2 aliphatic carbocycles. The Labute approximate surface area is 144 Å². The van der Waals surface area contributed by atoms with Gasteiger partial charge in [0.1, 0.15) is 22.0 Å². The Morgan fingerprint density at radius 3 is 1.62 bits per heavy atom. The Balaban J connectivity index is 2.26. The van der Waals surface area contributed by atoms with Crippen molar-refractivity contribution in [3.63, 3.8) is 0 Å². The maximum Gasteiger partial charge on any atom is 0.112 e. The van der Waals surface area contributed by atoms with Gasteiger partial charge in [-0.05, 0) is 24.3 Å². The minimum atomic E-state index is -0.927. The van der Waals surface area contributed by atoms with Crippen LogP contribution in [0.25, 0.3) is 0 Å². The fourth-order valence-corrected chi connectivity index (χ4v) is 3.25. The van der Waals surface area contributed by atoms with Gasteiger partial charge in [0.25, 0.3) is 0 Å². The van der Waals surface area contributed by atoms with Crippen LogP contribution >= 0.6 is 46.4 Å². The third-order valence-corrected chi connectivity index (χ3v) is 4.80. The highest BCUT2D eigenvalue weighted by Crippen LogP contribution is 2.39. The second-order valence-electron chi connectivity index (χ2n) is 4.82. The van der Waals surface area contributed by atoms with Crippen molar-refractivity contribution in [2.24, 2.45) is 0 Å². The van der Waals surface area contributed by atoms with E-state index in [2.05, 4.69) is 13.2 Å². The van der Waals surface area contributed by atoms with Crippen LogP contribution in [0.15, 0.2) is 71.8 Å². The van der Waals surface area contributed by atoms with Crippen LogP contribution in [0.2, 0.25) is 0 Å². The Kier molecular flexibility index (Phi) is 5.12. The van der Waals surface area contributed by atoms with Crippen molar-refractivity contribution in [3.8, 4) is 0 Å². The minimum Gasteiger partial charge on any atom is -0.362 e. The topological polar surface area (TPSA) is 9.23 Å². The molecule has 21 heavy (non-hydrogen) atoms. The number of halogens is 4. The lowest BCUT2D eigenvalue weighted by Crippen LogP contribution is -2.44. The third kappa shape index (κ3) is 3.49. The molecule has 2 rings (SSSR count). The van der Waals surface area contributed by atoms with E-state index in [0.717, 1.165) is 0 Å². The lowest BCUT2D eigenvalue weighted by Gasteiger charge is -2.38. The van der Waals surface area contributed by atoms with Crippen molar-refractivity contribution >= 4 is 46.4 Å². The first-order valence-electron chi connectivity index (χ1n) is 6.26. The minimum absolute atomic E-state index is 0.461. The predicted octanol–water partition coefficient (Wildman–Crippen LogP) is 5.45. The van der Waals surface area contributed by atoms with E-state index in [0.29, 0.717) is 10.1 Å². The van der Waals surface area contributed by atoms with Crippen LogP contribution in [-0.4, -0.2) is 22.0 Å². The smallest absolute Gasteiger partial charge is 0.112 e. The summed E-state index contributed by atoms with van der Waals surface area (Å²) in [6.07, 6.45) is 12.7. The van der Waals surface area contributed by atoms with Crippen molar-refractivity contribution < 1.29 is 4.74 Å². The molecule has 0 aliphatic heterocycles. The molecule has 0 fully saturated rings. The molecule has 0 aromatic carbocycles. The van der Waals surface area contributed by atoms with Gasteiger partial charge in [-0.2, -0.15) is 0 Å². The molecule has 0 aromatic rings. The van der Waals surface area contributed by atoms with E-state index in [1.807, 2.05) is 0 Å². The second kappa shape index (κ2) is 6.36. The zero-order valence-electron chi connectivity index (χ0n) is 11.1. The highest BCUT2D eigenvalue weighted by Gasteiger charge is 2.40. The van der Waals surface area contributed by atoms with E-state index in [1.54, 1.807) is 48.6 Å². The van der Waals surface area contributed by atoms with Crippen molar-refractivity contribution in [2.75, 3.05) is 0 Å². The monoisotopic (exact) mass is 362 g/mol. The lowest BCUT2D eigenvalue weighted by molar-refractivity contribution is 0.0252. The Hall–Kier alpha value is -0.440. The summed E-state index contributed by atoms with van der Waals surface area (Å²) in [5.74, 6) is 0. The first-order valence-corrected chi connectivity index (χ1v) is 7.78. The largest absolute Gasteiger partial charge is 0.362 e. The Morgan fingerprint density at radius 1 is 0.905 bits per heavy atom. The fourth-order valence-electron chi connectivity index (χ4n) is 2.14. The van der Waals surface area contributed by atoms with Gasteiger partial charge >= 0.3 is 0 Å². The van der Waals surface area contributed by atoms with Gasteiger partial charge in [-0.15, -0.1) is 36.4 Å². The van der Waals surface area contributed by atoms with Gasteiger partial charge in [0, 0.05) is 10.1 Å². The lowest BCUT2D eigenvalue weighted by atomic mass is 9.93. The summed E-state index contributed by atoms with van der Waals surface area (Å²) in [4.78, 5) is -1.85. The fraction of sp³-hybridized carbons (Fsp3) is 0.250. The zero-order chi connectivity index (χ0) is 15.7. The third-order valence-electron chi connectivity index (χ3n) is 3.37. The molecule has 0 heterocycles. The SMILES string of the molecule is C=CC1(Cl)C=C(Cl)C=CC1OC1C=CC(Cl)=CC1(Cl)C=C. The summed E-state index contributed by atoms with van der Waals surface area (Å²) < 4.78 is 6.06. The van der Waals surface area contributed by atoms with Crippen LogP contribution in [0.3, 0.4) is 0 Å². The van der Waals surface area contributed by atoms with E-state index in [-0.39, 0.29) is 0 Å². The van der Waals surface area contributed by atoms with E-state index in [9.17, 15) is 0 Å². The summed E-state index contributed by atoms with van der Waals surface area (Å²) in [6, 6.07) is 0. The highest BCUT2D eigenvalue weighted by molar-refractivity contribution is 6.34. The number of rotatable bonds is 4. The zero-order valence-corrected chi connectivity index (χ0v) is 14.1. The van der Waals surface area contributed by atoms with E-state index >= 15 is 0 Å². The Bertz CT molecular complexity index is 525. The van der Waals surface area contributed by atoms with Gasteiger partial charge in [0.05, 0.1) is 0 Å². The predicted molar refractivity (Wildman–Crippen MR) is 92.4 cm³/mol. The molecule has 4 unspecified atom stereocenters. The van der Waals surface area contributed by atoms with Crippen molar-refractivity contribution in [1.82, 2.24) is 0 Å². The number of alkyl halides is 2. The summed E-state index contributed by atoms with van der Waals surface area (Å²) in [7, 11) is 0. The molecule has 0 saturated carbocycles. The van der Waals surface area contributed by atoms with Gasteiger partial charge in [-0.25, -0.2) is 0 Å². The average Bonchev–Trinajstić information content (AvgIpc) is 2.44. The number of hydrogen-bond acceptors (Lipinski definition) is 1. The molecule has 1 nitrogen and oxygen atoms in total. The maximum atomic E-state index is 6.52. The van der Waals surface area contributed by atoms with Gasteiger partial charge in [0.2, 0.25) is 0 Å². The molecule has 4 atom stereocenters. The van der Waals surface area contributed by atoms with Gasteiger partial charge in [-0.1, -0.05) is 47.5 Å². The van der Waals surface area contributed by atoms with Crippen molar-refractivity contribution in [3.05, 3.63) is 71.8 Å². The summed E-state index contributed by atoms with van der Waals surface area (Å²) in [5.41, 5.74) is 0. The van der Waals surface area contributed by atoms with Crippen molar-refractivity contribution in [2.45, 2.75) is 22.0 Å². The molecular formula is C16H14Cl4O. The van der Waals surface area contributed by atoms with Crippen LogP contribution in [-0.2, 0) is 4.74 Å². The van der Waals surface area contributed by atoms with E-state index in [4.69, 9.17) is 51.1 Å². The molecule has 2 aliphatic rings. The van der Waals surface area contributed by atoms with E-state index in [1.165, 1.54) is 0 Å². The number of hydrogen-bond donors (Lipinski definition) is 0. The molecule has 0 spiro atoms. The summed E-state index contributed by atoms with van der Waals surface area (Å²) >= 11 is 25.0. The van der Waals surface area contributed by atoms with Crippen LogP contribution < -0.4 is 0 Å². The van der Waals surface area contributed by atoms with Gasteiger partial charge in [0.15, 0.2) is 0 Å². The molecular weight excluding hydrogens is 350 g/mol. The van der Waals surface area contributed by atoms with Crippen molar-refractivity contribution in [1.29, 1.82) is 0 Å². The molecule has 0 radical (unpaired) electrons. The van der Waals surface area contributed by atoms with Crippen LogP contribution in [0.5, 0.6) is 0 Å². The molecule has 0 bridgehead atoms. The molecule has 0 aromatic heterocycles. The number of ether oxygens (including phenoxy) is 1. The van der Waals surface area contributed by atoms with Crippen LogP contribution in [0.1, 0.15) is 0 Å². The number of allylic oxidation sites excluding steroid dienone is 4. The van der Waals surface area contributed by atoms with Gasteiger partial charge in [-0.3, -0.25) is 0 Å². The first kappa shape index (κ1) is 16.9. The first-order chi connectivity index (χ1) is 9.83. The Morgan fingerprint density at radius 2 is 1.29 bits per heavy atom. The van der Waals surface area contributed by atoms with Crippen LogP contribution in [0, 0.1) is 0 Å². The standard InChI is InChI=1S/C16H14Cl4O/c1-3-15(19)9-11(17)5-7-13(15)21-14-8-6-12(18)10-16(14,20)4-2/h3-10,13-14H,1-2H2. The van der Waals surface area contributed by atoms with E-state index < -0.39 is 22.0 Å². The molecule has 5 heteroatoms. The maximum absolute atomic E-state index is 6.52. The molecule has 0 N–H and O–H groups in total. The molecule has 0 amide bonds. The summed E-state index contributed by atoms with van der Waals surface area (Å²) in [5, 5.41) is 1.07. The quantitative estimate of drug-likeness (QED) is 0.476. The normalized spacial score (nSPS) is 38.7. The van der Waals surface area contributed by atoms with Crippen LogP contribution in [0.4, 0.5) is 0 Å². The highest BCUT2D eigenvalue weighted by atomic mass is 35.5. The molecule has 112 valence electrons.